The summed E-state index contributed by atoms with van der Waals surface area (Å²) in [6, 6.07) is 20.3. The summed E-state index contributed by atoms with van der Waals surface area (Å²) >= 11 is 0. The maximum Gasteiger partial charge on any atom is 0.119 e. The van der Waals surface area contributed by atoms with Crippen LogP contribution in [0.25, 0.3) is 0 Å². The molecule has 0 bridgehead atoms. The summed E-state index contributed by atoms with van der Waals surface area (Å²) < 4.78 is 17.5. The van der Waals surface area contributed by atoms with Gasteiger partial charge in [0.05, 0.1) is 25.3 Å². The summed E-state index contributed by atoms with van der Waals surface area (Å²) in [5.74, 6) is 1.78. The Morgan fingerprint density at radius 1 is 0.714 bits per heavy atom. The molecule has 1 saturated heterocycles. The summed E-state index contributed by atoms with van der Waals surface area (Å²) in [5, 5.41) is 10.6. The summed E-state index contributed by atoms with van der Waals surface area (Å²) in [5.41, 5.74) is 0. The van der Waals surface area contributed by atoms with Gasteiger partial charge in [-0.3, -0.25) is 0 Å². The zero-order valence-corrected chi connectivity index (χ0v) is 16.3. The van der Waals surface area contributed by atoms with Crippen LogP contribution in [0.5, 0.6) is 11.5 Å². The van der Waals surface area contributed by atoms with Gasteiger partial charge >= 0.3 is 0 Å². The van der Waals surface area contributed by atoms with Crippen LogP contribution in [0.15, 0.2) is 60.7 Å². The van der Waals surface area contributed by atoms with Crippen LogP contribution in [0.2, 0.25) is 0 Å². The third-order valence-electron chi connectivity index (χ3n) is 4.53. The third kappa shape index (κ3) is 7.86. The molecule has 0 spiro atoms. The Balaban J connectivity index is 1.47. The number of ether oxygens (including phenoxy) is 3. The lowest BCUT2D eigenvalue weighted by Crippen LogP contribution is -2.50. The lowest BCUT2D eigenvalue weighted by Gasteiger charge is -2.24. The fraction of sp³-hybridized carbons (Fsp3) is 0.455. The first kappa shape index (κ1) is 20.6. The Morgan fingerprint density at radius 2 is 1.18 bits per heavy atom. The van der Waals surface area contributed by atoms with Gasteiger partial charge in [-0.15, -0.1) is 0 Å². The number of rotatable bonds is 6. The van der Waals surface area contributed by atoms with Crippen LogP contribution in [-0.2, 0) is 4.74 Å². The highest BCUT2D eigenvalue weighted by molar-refractivity contribution is 5.21. The first-order chi connectivity index (χ1) is 13.9. The minimum absolute atomic E-state index is 0.207. The molecule has 0 radical (unpaired) electrons. The number of hydrogen-bond acceptors (Lipinski definition) is 6. The molecule has 152 valence electrons. The Morgan fingerprint density at radius 3 is 1.64 bits per heavy atom. The average molecular weight is 386 g/mol. The Hall–Kier alpha value is -2.12. The molecule has 28 heavy (non-hydrogen) atoms. The van der Waals surface area contributed by atoms with E-state index in [-0.39, 0.29) is 12.1 Å². The van der Waals surface area contributed by atoms with Gasteiger partial charge in [-0.2, -0.15) is 0 Å². The zero-order valence-electron chi connectivity index (χ0n) is 16.3. The highest BCUT2D eigenvalue weighted by Gasteiger charge is 2.14. The van der Waals surface area contributed by atoms with E-state index in [9.17, 15) is 0 Å². The molecule has 0 aromatic heterocycles. The Labute approximate surface area is 167 Å². The third-order valence-corrected chi connectivity index (χ3v) is 4.53. The monoisotopic (exact) mass is 385 g/mol. The molecule has 2 atom stereocenters. The highest BCUT2D eigenvalue weighted by atomic mass is 16.5. The standard InChI is InChI=1S/C22H31N3O3/c1-3-7-21(8-4-1)27-17-19-15-23-16-20(25-12-14-26-13-11-24-19)18-28-22-9-5-2-6-10-22/h1-10,19-20,23-25H,11-18H2. The van der Waals surface area contributed by atoms with E-state index in [1.54, 1.807) is 0 Å². The van der Waals surface area contributed by atoms with E-state index in [4.69, 9.17) is 14.2 Å². The number of benzene rings is 2. The second-order valence-electron chi connectivity index (χ2n) is 6.82. The molecule has 1 heterocycles. The van der Waals surface area contributed by atoms with Gasteiger partial charge in [-0.1, -0.05) is 36.4 Å². The lowest BCUT2D eigenvalue weighted by atomic mass is 10.2. The largest absolute Gasteiger partial charge is 0.492 e. The number of nitrogens with one attached hydrogen (secondary N) is 3. The van der Waals surface area contributed by atoms with Crippen LogP contribution in [-0.4, -0.2) is 64.7 Å². The SMILES string of the molecule is c1ccc(OCC2CNCC(COc3ccccc3)NCCOCCN2)cc1. The van der Waals surface area contributed by atoms with Crippen molar-refractivity contribution >= 4 is 0 Å². The topological polar surface area (TPSA) is 63.8 Å². The van der Waals surface area contributed by atoms with Crippen molar-refractivity contribution in [2.75, 3.05) is 52.6 Å². The van der Waals surface area contributed by atoms with E-state index in [0.29, 0.717) is 26.4 Å². The van der Waals surface area contributed by atoms with E-state index in [2.05, 4.69) is 16.0 Å². The van der Waals surface area contributed by atoms with Gasteiger partial charge in [0, 0.05) is 26.2 Å². The maximum atomic E-state index is 5.92. The maximum absolute atomic E-state index is 5.92. The molecule has 3 rings (SSSR count). The van der Waals surface area contributed by atoms with Crippen molar-refractivity contribution in [2.24, 2.45) is 0 Å². The summed E-state index contributed by atoms with van der Waals surface area (Å²) in [6.45, 7) is 5.84. The van der Waals surface area contributed by atoms with Gasteiger partial charge in [0.25, 0.3) is 0 Å². The first-order valence-corrected chi connectivity index (χ1v) is 10.0. The molecule has 2 aromatic rings. The van der Waals surface area contributed by atoms with Crippen LogP contribution >= 0.6 is 0 Å². The van der Waals surface area contributed by atoms with Crippen molar-refractivity contribution in [1.82, 2.24) is 16.0 Å². The fourth-order valence-electron chi connectivity index (χ4n) is 3.01. The molecule has 1 fully saturated rings. The Bertz CT molecular complexity index is 586. The number of para-hydroxylation sites is 2. The van der Waals surface area contributed by atoms with Gasteiger partial charge in [0.1, 0.15) is 24.7 Å². The number of hydrogen-bond donors (Lipinski definition) is 3. The van der Waals surface area contributed by atoms with E-state index >= 15 is 0 Å². The zero-order chi connectivity index (χ0) is 19.3. The van der Waals surface area contributed by atoms with Gasteiger partial charge in [0.15, 0.2) is 0 Å². The molecule has 2 unspecified atom stereocenters. The van der Waals surface area contributed by atoms with Crippen molar-refractivity contribution in [1.29, 1.82) is 0 Å². The van der Waals surface area contributed by atoms with Crippen molar-refractivity contribution in [3.05, 3.63) is 60.7 Å². The van der Waals surface area contributed by atoms with Crippen LogP contribution < -0.4 is 25.4 Å². The molecule has 6 nitrogen and oxygen atoms in total. The molecule has 3 N–H and O–H groups in total. The Kier molecular flexibility index (Phi) is 9.10. The van der Waals surface area contributed by atoms with Gasteiger partial charge in [0.2, 0.25) is 0 Å². The van der Waals surface area contributed by atoms with Crippen molar-refractivity contribution in [3.63, 3.8) is 0 Å². The smallest absolute Gasteiger partial charge is 0.119 e. The van der Waals surface area contributed by atoms with Crippen LogP contribution in [0.1, 0.15) is 0 Å². The van der Waals surface area contributed by atoms with Crippen molar-refractivity contribution < 1.29 is 14.2 Å². The molecule has 1 aliphatic rings. The van der Waals surface area contributed by atoms with E-state index in [1.807, 2.05) is 60.7 Å². The average Bonchev–Trinajstić information content (AvgIpc) is 2.74. The van der Waals surface area contributed by atoms with Crippen LogP contribution in [0, 0.1) is 0 Å². The minimum Gasteiger partial charge on any atom is -0.492 e. The minimum atomic E-state index is 0.207. The van der Waals surface area contributed by atoms with Crippen molar-refractivity contribution in [2.45, 2.75) is 12.1 Å². The van der Waals surface area contributed by atoms with Crippen LogP contribution in [0.3, 0.4) is 0 Å². The molecule has 0 aliphatic carbocycles. The molecule has 0 amide bonds. The van der Waals surface area contributed by atoms with Gasteiger partial charge in [-0.05, 0) is 24.3 Å². The molecular weight excluding hydrogens is 354 g/mol. The molecule has 0 saturated carbocycles. The van der Waals surface area contributed by atoms with E-state index < -0.39 is 0 Å². The van der Waals surface area contributed by atoms with Crippen molar-refractivity contribution in [3.8, 4) is 11.5 Å². The molecule has 2 aromatic carbocycles. The molecule has 6 heteroatoms. The van der Waals surface area contributed by atoms with Gasteiger partial charge < -0.3 is 30.2 Å². The summed E-state index contributed by atoms with van der Waals surface area (Å²) in [4.78, 5) is 0. The van der Waals surface area contributed by atoms with Crippen LogP contribution in [0.4, 0.5) is 0 Å². The quantitative estimate of drug-likeness (QED) is 0.703. The van der Waals surface area contributed by atoms with E-state index in [0.717, 1.165) is 37.7 Å². The highest BCUT2D eigenvalue weighted by Crippen LogP contribution is 2.09. The van der Waals surface area contributed by atoms with E-state index in [1.165, 1.54) is 0 Å². The summed E-state index contributed by atoms with van der Waals surface area (Å²) in [7, 11) is 0. The summed E-state index contributed by atoms with van der Waals surface area (Å²) in [6.07, 6.45) is 0. The lowest BCUT2D eigenvalue weighted by molar-refractivity contribution is 0.124. The fourth-order valence-corrected chi connectivity index (χ4v) is 3.01. The molecule has 1 aliphatic heterocycles. The van der Waals surface area contributed by atoms with Gasteiger partial charge in [-0.25, -0.2) is 0 Å². The predicted octanol–water partition coefficient (Wildman–Crippen LogP) is 1.68. The predicted molar refractivity (Wildman–Crippen MR) is 111 cm³/mol. The second kappa shape index (κ2) is 12.4. The molecular formula is C22H31N3O3. The second-order valence-corrected chi connectivity index (χ2v) is 6.82. The normalized spacial score (nSPS) is 21.9. The first-order valence-electron chi connectivity index (χ1n) is 10.0.